The Kier molecular flexibility index (Phi) is 5.70. The molecule has 102 valence electrons. The van der Waals surface area contributed by atoms with E-state index in [1.807, 2.05) is 6.92 Å². The Balaban J connectivity index is 2.95. The predicted octanol–water partition coefficient (Wildman–Crippen LogP) is 1.28. The van der Waals surface area contributed by atoms with Gasteiger partial charge in [-0.3, -0.25) is 0 Å². The fourth-order valence-corrected chi connectivity index (χ4v) is 1.54. The van der Waals surface area contributed by atoms with Gasteiger partial charge in [0.05, 0.1) is 13.2 Å². The first kappa shape index (κ1) is 14.6. The summed E-state index contributed by atoms with van der Waals surface area (Å²) in [6, 6.07) is 1.62. The van der Waals surface area contributed by atoms with Crippen molar-refractivity contribution in [1.29, 1.82) is 0 Å². The van der Waals surface area contributed by atoms with Crippen molar-refractivity contribution in [3.8, 4) is 0 Å². The molecule has 0 spiro atoms. The molecule has 7 heteroatoms. The van der Waals surface area contributed by atoms with E-state index >= 15 is 0 Å². The lowest BCUT2D eigenvalue weighted by atomic mass is 10.3. The van der Waals surface area contributed by atoms with Crippen LogP contribution in [0.2, 0.25) is 0 Å². The third-order valence-electron chi connectivity index (χ3n) is 2.23. The van der Waals surface area contributed by atoms with E-state index in [0.29, 0.717) is 24.0 Å². The molecule has 2 N–H and O–H groups in total. The highest BCUT2D eigenvalue weighted by Gasteiger charge is 2.15. The summed E-state index contributed by atoms with van der Waals surface area (Å²) in [5.41, 5.74) is 0.688. The molecule has 0 saturated heterocycles. The lowest BCUT2D eigenvalue weighted by Gasteiger charge is -2.23. The van der Waals surface area contributed by atoms with Crippen molar-refractivity contribution in [3.63, 3.8) is 0 Å². The van der Waals surface area contributed by atoms with Crippen LogP contribution in [0.1, 0.15) is 12.6 Å². The maximum Gasteiger partial charge on any atom is 0.255 e. The van der Waals surface area contributed by atoms with Gasteiger partial charge in [-0.1, -0.05) is 0 Å². The zero-order valence-corrected chi connectivity index (χ0v) is 10.5. The van der Waals surface area contributed by atoms with Crippen molar-refractivity contribution in [1.82, 2.24) is 9.97 Å². The van der Waals surface area contributed by atoms with Crippen LogP contribution in [0.4, 0.5) is 20.5 Å². The van der Waals surface area contributed by atoms with Gasteiger partial charge >= 0.3 is 0 Å². The second-order valence-corrected chi connectivity index (χ2v) is 3.78. The Hall–Kier alpha value is -1.50. The molecule has 0 radical (unpaired) electrons. The van der Waals surface area contributed by atoms with Crippen molar-refractivity contribution in [3.05, 3.63) is 11.8 Å². The van der Waals surface area contributed by atoms with Crippen molar-refractivity contribution in [2.24, 2.45) is 0 Å². The summed E-state index contributed by atoms with van der Waals surface area (Å²) in [6.07, 6.45) is -2.48. The molecule has 0 aliphatic heterocycles. The summed E-state index contributed by atoms with van der Waals surface area (Å²) in [7, 11) is 0. The molecule has 0 saturated carbocycles. The molecule has 5 nitrogen and oxygen atoms in total. The number of rotatable bonds is 7. The number of hydrogen-bond acceptors (Lipinski definition) is 5. The molecule has 0 unspecified atom stereocenters. The number of nitrogens with zero attached hydrogens (tertiary/aromatic N) is 3. The van der Waals surface area contributed by atoms with Crippen molar-refractivity contribution >= 4 is 11.8 Å². The molecule has 0 amide bonds. The summed E-state index contributed by atoms with van der Waals surface area (Å²) in [5, 5.41) is 11.8. The first-order valence-electron chi connectivity index (χ1n) is 5.80. The average Bonchev–Trinajstić information content (AvgIpc) is 2.27. The highest BCUT2D eigenvalue weighted by atomic mass is 19.3. The van der Waals surface area contributed by atoms with Gasteiger partial charge in [-0.2, -0.15) is 4.98 Å². The van der Waals surface area contributed by atoms with E-state index in [-0.39, 0.29) is 13.2 Å². The normalized spacial score (nSPS) is 10.8. The van der Waals surface area contributed by atoms with Crippen LogP contribution in [0.25, 0.3) is 0 Å². The zero-order chi connectivity index (χ0) is 13.5. The molecular weight excluding hydrogens is 242 g/mol. The molecule has 0 fully saturated rings. The van der Waals surface area contributed by atoms with Crippen molar-refractivity contribution < 1.29 is 13.9 Å². The number of anilines is 2. The number of aliphatic hydroxyl groups is 1. The van der Waals surface area contributed by atoms with Gasteiger partial charge in [0.2, 0.25) is 5.95 Å². The molecule has 1 rings (SSSR count). The molecule has 0 atom stereocenters. The number of nitrogens with one attached hydrogen (secondary N) is 1. The van der Waals surface area contributed by atoms with Gasteiger partial charge in [-0.25, -0.2) is 13.8 Å². The van der Waals surface area contributed by atoms with Crippen molar-refractivity contribution in [2.45, 2.75) is 20.3 Å². The first-order valence-corrected chi connectivity index (χ1v) is 5.80. The molecule has 1 heterocycles. The Morgan fingerprint density at radius 2 is 2.17 bits per heavy atom. The van der Waals surface area contributed by atoms with Crippen LogP contribution in [-0.4, -0.2) is 47.7 Å². The van der Waals surface area contributed by atoms with Crippen molar-refractivity contribution in [2.75, 3.05) is 36.5 Å². The molecule has 18 heavy (non-hydrogen) atoms. The largest absolute Gasteiger partial charge is 0.395 e. The minimum absolute atomic E-state index is 0.117. The topological polar surface area (TPSA) is 61.3 Å². The molecule has 1 aromatic rings. The van der Waals surface area contributed by atoms with E-state index in [9.17, 15) is 8.78 Å². The van der Waals surface area contributed by atoms with E-state index < -0.39 is 13.0 Å². The van der Waals surface area contributed by atoms with Gasteiger partial charge in [0, 0.05) is 24.8 Å². The predicted molar refractivity (Wildman–Crippen MR) is 66.2 cm³/mol. The number of aryl methyl sites for hydroxylation is 1. The second kappa shape index (κ2) is 7.05. The van der Waals surface area contributed by atoms with E-state index in [4.69, 9.17) is 5.11 Å². The minimum Gasteiger partial charge on any atom is -0.395 e. The fourth-order valence-electron chi connectivity index (χ4n) is 1.54. The standard InChI is InChI=1S/C11H18F2N4O/c1-3-14-11-15-8(2)6-10(16-11)17(4-5-18)7-9(12)13/h6,9,18H,3-5,7H2,1-2H3,(H,14,15,16). The first-order chi connectivity index (χ1) is 8.56. The third kappa shape index (κ3) is 4.40. The van der Waals surface area contributed by atoms with Crippen LogP contribution >= 0.6 is 0 Å². The molecule has 0 aliphatic carbocycles. The highest BCUT2D eigenvalue weighted by Crippen LogP contribution is 2.15. The number of alkyl halides is 2. The quantitative estimate of drug-likeness (QED) is 0.773. The SMILES string of the molecule is CCNc1nc(C)cc(N(CCO)CC(F)F)n1. The summed E-state index contributed by atoms with van der Waals surface area (Å²) in [4.78, 5) is 9.65. The van der Waals surface area contributed by atoms with Crippen LogP contribution in [-0.2, 0) is 0 Å². The van der Waals surface area contributed by atoms with E-state index in [1.54, 1.807) is 13.0 Å². The van der Waals surface area contributed by atoms with E-state index in [0.717, 1.165) is 0 Å². The smallest absolute Gasteiger partial charge is 0.255 e. The van der Waals surface area contributed by atoms with Gasteiger partial charge in [0.1, 0.15) is 5.82 Å². The van der Waals surface area contributed by atoms with Gasteiger partial charge in [0.25, 0.3) is 6.43 Å². The Morgan fingerprint density at radius 3 is 2.72 bits per heavy atom. The number of aromatic nitrogens is 2. The Bertz CT molecular complexity index is 376. The second-order valence-electron chi connectivity index (χ2n) is 3.78. The fraction of sp³-hybridized carbons (Fsp3) is 0.636. The molecule has 0 aromatic carbocycles. The summed E-state index contributed by atoms with van der Waals surface area (Å²) < 4.78 is 24.9. The summed E-state index contributed by atoms with van der Waals surface area (Å²) in [5.74, 6) is 0.803. The maximum absolute atomic E-state index is 12.5. The molecule has 1 aromatic heterocycles. The maximum atomic E-state index is 12.5. The van der Waals surface area contributed by atoms with Crippen LogP contribution in [0.5, 0.6) is 0 Å². The van der Waals surface area contributed by atoms with Crippen LogP contribution in [0.15, 0.2) is 6.07 Å². The van der Waals surface area contributed by atoms with Crippen LogP contribution in [0, 0.1) is 6.92 Å². The monoisotopic (exact) mass is 260 g/mol. The highest BCUT2D eigenvalue weighted by molar-refractivity contribution is 5.44. The lowest BCUT2D eigenvalue weighted by molar-refractivity contribution is 0.152. The summed E-state index contributed by atoms with van der Waals surface area (Å²) in [6.45, 7) is 3.78. The van der Waals surface area contributed by atoms with Gasteiger partial charge < -0.3 is 15.3 Å². The van der Waals surface area contributed by atoms with Crippen LogP contribution in [0.3, 0.4) is 0 Å². The third-order valence-corrected chi connectivity index (χ3v) is 2.23. The lowest BCUT2D eigenvalue weighted by Crippen LogP contribution is -2.32. The summed E-state index contributed by atoms with van der Waals surface area (Å²) >= 11 is 0. The molecular formula is C11H18F2N4O. The van der Waals surface area contributed by atoms with E-state index in [2.05, 4.69) is 15.3 Å². The number of hydrogen-bond donors (Lipinski definition) is 2. The Morgan fingerprint density at radius 1 is 1.44 bits per heavy atom. The average molecular weight is 260 g/mol. The minimum atomic E-state index is -2.48. The molecule has 0 aliphatic rings. The molecule has 0 bridgehead atoms. The number of aliphatic hydroxyl groups excluding tert-OH is 1. The van der Waals surface area contributed by atoms with Crippen LogP contribution < -0.4 is 10.2 Å². The Labute approximate surface area is 105 Å². The van der Waals surface area contributed by atoms with E-state index in [1.165, 1.54) is 4.90 Å². The van der Waals surface area contributed by atoms with Gasteiger partial charge in [0.15, 0.2) is 0 Å². The van der Waals surface area contributed by atoms with Gasteiger partial charge in [-0.05, 0) is 13.8 Å². The van der Waals surface area contributed by atoms with Gasteiger partial charge in [-0.15, -0.1) is 0 Å². The zero-order valence-electron chi connectivity index (χ0n) is 10.5. The number of halogens is 2.